The lowest BCUT2D eigenvalue weighted by Crippen LogP contribution is -2.02. The zero-order valence-corrected chi connectivity index (χ0v) is 10.5. The van der Waals surface area contributed by atoms with Crippen molar-refractivity contribution >= 4 is 11.9 Å². The van der Waals surface area contributed by atoms with Gasteiger partial charge >= 0.3 is 0 Å². The van der Waals surface area contributed by atoms with Crippen LogP contribution in [0.3, 0.4) is 0 Å². The molecule has 2 heterocycles. The quantitative estimate of drug-likeness (QED) is 0.596. The molecule has 0 bridgehead atoms. The predicted octanol–water partition coefficient (Wildman–Crippen LogP) is 3.58. The maximum atomic E-state index is 11.4. The number of carbonyl (C=O) groups excluding carboxylic acids is 1. The maximum Gasteiger partial charge on any atom is 0.168 e. The molecule has 2 aromatic rings. The van der Waals surface area contributed by atoms with E-state index in [1.54, 1.807) is 0 Å². The molecule has 0 atom stereocenters. The van der Waals surface area contributed by atoms with Gasteiger partial charge in [-0.15, -0.1) is 0 Å². The van der Waals surface area contributed by atoms with E-state index in [4.69, 9.17) is 0 Å². The first-order valence-electron chi connectivity index (χ1n) is 6.82. The van der Waals surface area contributed by atoms with Crippen molar-refractivity contribution in [3.63, 3.8) is 0 Å². The minimum atomic E-state index is 0.465. The van der Waals surface area contributed by atoms with Crippen LogP contribution in [0.25, 0.3) is 5.65 Å². The van der Waals surface area contributed by atoms with E-state index in [9.17, 15) is 4.79 Å². The van der Waals surface area contributed by atoms with Crippen LogP contribution in [-0.2, 0) is 0 Å². The first-order valence-corrected chi connectivity index (χ1v) is 6.82. The molecule has 3 heteroatoms. The van der Waals surface area contributed by atoms with Crippen molar-refractivity contribution in [2.45, 2.75) is 44.4 Å². The van der Waals surface area contributed by atoms with Crippen LogP contribution in [0.4, 0.5) is 0 Å². The van der Waals surface area contributed by atoms with Gasteiger partial charge in [-0.05, 0) is 25.0 Å². The molecule has 1 aliphatic carbocycles. The van der Waals surface area contributed by atoms with Crippen molar-refractivity contribution in [2.24, 2.45) is 0 Å². The molecule has 0 amide bonds. The van der Waals surface area contributed by atoms with Crippen molar-refractivity contribution in [1.82, 2.24) is 9.38 Å². The van der Waals surface area contributed by atoms with E-state index in [0.29, 0.717) is 5.92 Å². The van der Waals surface area contributed by atoms with Crippen molar-refractivity contribution in [2.75, 3.05) is 0 Å². The highest BCUT2D eigenvalue weighted by molar-refractivity contribution is 5.76. The van der Waals surface area contributed by atoms with Gasteiger partial charge in [0.25, 0.3) is 0 Å². The SMILES string of the molecule is O=Cc1c(C2CCCCCC2)nc2ccccn12. The predicted molar refractivity (Wildman–Crippen MR) is 71.0 cm³/mol. The van der Waals surface area contributed by atoms with Gasteiger partial charge < -0.3 is 0 Å². The summed E-state index contributed by atoms with van der Waals surface area (Å²) < 4.78 is 1.91. The molecule has 0 radical (unpaired) electrons. The normalized spacial score (nSPS) is 17.8. The van der Waals surface area contributed by atoms with Crippen molar-refractivity contribution < 1.29 is 4.79 Å². The van der Waals surface area contributed by atoms with Gasteiger partial charge in [0.1, 0.15) is 11.3 Å². The van der Waals surface area contributed by atoms with Gasteiger partial charge in [0.2, 0.25) is 0 Å². The molecule has 18 heavy (non-hydrogen) atoms. The van der Waals surface area contributed by atoms with Gasteiger partial charge in [0.05, 0.1) is 5.69 Å². The average Bonchev–Trinajstić information content (AvgIpc) is 2.59. The van der Waals surface area contributed by atoms with Gasteiger partial charge in [0.15, 0.2) is 6.29 Å². The Morgan fingerprint density at radius 1 is 1.17 bits per heavy atom. The fourth-order valence-electron chi connectivity index (χ4n) is 3.00. The molecule has 3 nitrogen and oxygen atoms in total. The number of hydrogen-bond acceptors (Lipinski definition) is 2. The number of hydrogen-bond donors (Lipinski definition) is 0. The highest BCUT2D eigenvalue weighted by Crippen LogP contribution is 2.32. The molecule has 1 aliphatic rings. The van der Waals surface area contributed by atoms with E-state index in [1.165, 1.54) is 38.5 Å². The highest BCUT2D eigenvalue weighted by Gasteiger charge is 2.21. The van der Waals surface area contributed by atoms with E-state index < -0.39 is 0 Å². The molecular weight excluding hydrogens is 224 g/mol. The molecule has 0 aromatic carbocycles. The molecule has 1 fully saturated rings. The summed E-state index contributed by atoms with van der Waals surface area (Å²) >= 11 is 0. The lowest BCUT2D eigenvalue weighted by atomic mass is 9.95. The summed E-state index contributed by atoms with van der Waals surface area (Å²) in [6, 6.07) is 5.87. The van der Waals surface area contributed by atoms with Crippen LogP contribution >= 0.6 is 0 Å². The second kappa shape index (κ2) is 4.92. The summed E-state index contributed by atoms with van der Waals surface area (Å²) in [5, 5.41) is 0. The smallest absolute Gasteiger partial charge is 0.168 e. The van der Waals surface area contributed by atoms with Crippen LogP contribution in [0, 0.1) is 0 Å². The number of rotatable bonds is 2. The van der Waals surface area contributed by atoms with Gasteiger partial charge in [-0.25, -0.2) is 4.98 Å². The molecule has 0 N–H and O–H groups in total. The summed E-state index contributed by atoms with van der Waals surface area (Å²) in [5.41, 5.74) is 2.65. The van der Waals surface area contributed by atoms with Gasteiger partial charge in [0, 0.05) is 12.1 Å². The van der Waals surface area contributed by atoms with E-state index in [-0.39, 0.29) is 0 Å². The Morgan fingerprint density at radius 3 is 2.67 bits per heavy atom. The number of pyridine rings is 1. The number of aromatic nitrogens is 2. The second-order valence-electron chi connectivity index (χ2n) is 5.12. The Labute approximate surface area is 107 Å². The van der Waals surface area contributed by atoms with Crippen LogP contribution in [0.2, 0.25) is 0 Å². The van der Waals surface area contributed by atoms with Gasteiger partial charge in [-0.2, -0.15) is 0 Å². The van der Waals surface area contributed by atoms with Crippen molar-refractivity contribution in [1.29, 1.82) is 0 Å². The first-order chi connectivity index (χ1) is 8.90. The highest BCUT2D eigenvalue weighted by atomic mass is 16.1. The largest absolute Gasteiger partial charge is 0.297 e. The van der Waals surface area contributed by atoms with Crippen LogP contribution in [0.1, 0.15) is 60.6 Å². The summed E-state index contributed by atoms with van der Waals surface area (Å²) in [6.07, 6.45) is 10.4. The Kier molecular flexibility index (Phi) is 3.13. The molecule has 2 aromatic heterocycles. The van der Waals surface area contributed by atoms with Crippen LogP contribution in [0.15, 0.2) is 24.4 Å². The minimum absolute atomic E-state index is 0.465. The third-order valence-electron chi connectivity index (χ3n) is 3.95. The molecule has 1 saturated carbocycles. The summed E-state index contributed by atoms with van der Waals surface area (Å²) in [6.45, 7) is 0. The van der Waals surface area contributed by atoms with Crippen LogP contribution in [-0.4, -0.2) is 15.7 Å². The maximum absolute atomic E-state index is 11.4. The number of nitrogens with zero attached hydrogens (tertiary/aromatic N) is 2. The Hall–Kier alpha value is -1.64. The van der Waals surface area contributed by atoms with E-state index in [1.807, 2.05) is 28.8 Å². The van der Waals surface area contributed by atoms with E-state index in [0.717, 1.165) is 23.3 Å². The molecule has 0 saturated heterocycles. The van der Waals surface area contributed by atoms with Crippen molar-refractivity contribution in [3.8, 4) is 0 Å². The molecule has 94 valence electrons. The minimum Gasteiger partial charge on any atom is -0.297 e. The first kappa shape index (κ1) is 11.5. The van der Waals surface area contributed by atoms with Crippen LogP contribution < -0.4 is 0 Å². The lowest BCUT2D eigenvalue weighted by Gasteiger charge is -2.11. The average molecular weight is 242 g/mol. The second-order valence-corrected chi connectivity index (χ2v) is 5.12. The molecule has 0 aliphatic heterocycles. The van der Waals surface area contributed by atoms with E-state index >= 15 is 0 Å². The lowest BCUT2D eigenvalue weighted by molar-refractivity contribution is 0.111. The zero-order chi connectivity index (χ0) is 12.4. The number of fused-ring (bicyclic) bond motifs is 1. The van der Waals surface area contributed by atoms with E-state index in [2.05, 4.69) is 4.98 Å². The third kappa shape index (κ3) is 1.94. The summed E-state index contributed by atoms with van der Waals surface area (Å²) in [5.74, 6) is 0.465. The fraction of sp³-hybridized carbons (Fsp3) is 0.467. The standard InChI is InChI=1S/C15H18N2O/c18-11-13-15(12-7-3-1-2-4-8-12)16-14-9-5-6-10-17(13)14/h5-6,9-12H,1-4,7-8H2. The number of aldehydes is 1. The number of imidazole rings is 1. The Bertz CT molecular complexity index is 551. The molecular formula is C15H18N2O. The topological polar surface area (TPSA) is 34.4 Å². The summed E-state index contributed by atoms with van der Waals surface area (Å²) in [4.78, 5) is 16.1. The molecule has 0 spiro atoms. The Balaban J connectivity index is 2.06. The number of carbonyl (C=O) groups is 1. The molecule has 3 rings (SSSR count). The zero-order valence-electron chi connectivity index (χ0n) is 10.5. The monoisotopic (exact) mass is 242 g/mol. The Morgan fingerprint density at radius 2 is 1.94 bits per heavy atom. The van der Waals surface area contributed by atoms with Gasteiger partial charge in [-0.1, -0.05) is 31.7 Å². The van der Waals surface area contributed by atoms with Crippen LogP contribution in [0.5, 0.6) is 0 Å². The third-order valence-corrected chi connectivity index (χ3v) is 3.95. The summed E-state index contributed by atoms with van der Waals surface area (Å²) in [7, 11) is 0. The van der Waals surface area contributed by atoms with Gasteiger partial charge in [-0.3, -0.25) is 9.20 Å². The van der Waals surface area contributed by atoms with Crippen molar-refractivity contribution in [3.05, 3.63) is 35.8 Å². The fourth-order valence-corrected chi connectivity index (χ4v) is 3.00. The molecule has 0 unspecified atom stereocenters.